The number of ketones is 3. The molecule has 0 saturated heterocycles. The maximum Gasteiger partial charge on any atom is 0.332 e. The number of carbonyl (C=O) groups is 9. The fourth-order valence-corrected chi connectivity index (χ4v) is 3.42. The monoisotopic (exact) mass is 1370 g/mol. The van der Waals surface area contributed by atoms with Crippen LogP contribution in [0.4, 0.5) is 0 Å². The molecule has 0 bridgehead atoms. The molecule has 0 heterocycles. The van der Waals surface area contributed by atoms with Crippen molar-refractivity contribution in [2.75, 3.05) is 165 Å². The molecular formula is C64H140O23S3. The Balaban J connectivity index is -0.0000000517. The van der Waals surface area contributed by atoms with E-state index in [1.54, 1.807) is 95.4 Å². The number of thioether (sulfide) groups is 3. The summed E-state index contributed by atoms with van der Waals surface area (Å²) in [5, 5.41) is 0. The van der Waals surface area contributed by atoms with Gasteiger partial charge in [-0.1, -0.05) is 83.1 Å². The van der Waals surface area contributed by atoms with Crippen LogP contribution >= 0.6 is 35.3 Å². The Hall–Kier alpha value is -3.44. The number of hydrogen-bond donors (Lipinski definition) is 0. The van der Waals surface area contributed by atoms with Crippen molar-refractivity contribution in [2.24, 2.45) is 0 Å². The van der Waals surface area contributed by atoms with Gasteiger partial charge in [0.2, 0.25) is 0 Å². The third-order valence-electron chi connectivity index (χ3n) is 7.44. The second kappa shape index (κ2) is 142. The summed E-state index contributed by atoms with van der Waals surface area (Å²) in [6.45, 7) is 47.0. The Morgan fingerprint density at radius 2 is 0.633 bits per heavy atom. The van der Waals surface area contributed by atoms with Gasteiger partial charge in [0.1, 0.15) is 31.6 Å². The quantitative estimate of drug-likeness (QED) is 0.0279. The zero-order valence-electron chi connectivity index (χ0n) is 62.8. The summed E-state index contributed by atoms with van der Waals surface area (Å²) in [4.78, 5) is 91.0. The number of hydrogen-bond acceptors (Lipinski definition) is 26. The first-order chi connectivity index (χ1) is 42.7. The van der Waals surface area contributed by atoms with E-state index in [1.165, 1.54) is 52.6 Å². The van der Waals surface area contributed by atoms with Crippen molar-refractivity contribution in [1.82, 2.24) is 0 Å². The molecule has 90 heavy (non-hydrogen) atoms. The van der Waals surface area contributed by atoms with Gasteiger partial charge < -0.3 is 71.1 Å². The fourth-order valence-electron chi connectivity index (χ4n) is 2.68. The van der Waals surface area contributed by atoms with Crippen molar-refractivity contribution in [3.8, 4) is 0 Å². The number of methoxy groups -OCH3 is 7. The van der Waals surface area contributed by atoms with Crippen LogP contribution in [0.25, 0.3) is 0 Å². The summed E-state index contributed by atoms with van der Waals surface area (Å²) in [6, 6.07) is 0. The zero-order valence-corrected chi connectivity index (χ0v) is 65.2. The number of Topliss-reactive ketones (excluding diaryl/α,β-unsaturated/α-hetero) is 3. The largest absolute Gasteiger partial charge is 0.469 e. The van der Waals surface area contributed by atoms with E-state index in [4.69, 9.17) is 14.2 Å². The molecule has 552 valence electrons. The summed E-state index contributed by atoms with van der Waals surface area (Å²) in [5.74, 6) is 5.33. The SMILES string of the molecule is CCC(=O)CC.CCC(=O)COC.CCC(=O)OC.CCC(=O)OCOC.CCC(C)=O.CCOC.CCOC(=O)CC.CCOC(=O)CC.CCOC(=O)COC.CCOC(C)=O.CCOCC.CCOCOC.CCSC.CCSCC.CCSCOC. The number of esters is 6. The van der Waals surface area contributed by atoms with Gasteiger partial charge in [0.05, 0.1) is 39.5 Å². The highest BCUT2D eigenvalue weighted by Crippen LogP contribution is 1.95. The summed E-state index contributed by atoms with van der Waals surface area (Å²) in [6.07, 6.45) is 6.56. The summed E-state index contributed by atoms with van der Waals surface area (Å²) >= 11 is 5.61. The van der Waals surface area contributed by atoms with Crippen molar-refractivity contribution in [1.29, 1.82) is 0 Å². The van der Waals surface area contributed by atoms with Crippen LogP contribution in [0.1, 0.15) is 204 Å². The second-order valence-electron chi connectivity index (χ2n) is 14.8. The lowest BCUT2D eigenvalue weighted by Crippen LogP contribution is -2.10. The number of ether oxygens (including phenoxy) is 14. The summed E-state index contributed by atoms with van der Waals surface area (Å²) in [5.41, 5.74) is 0. The molecular weight excluding hydrogens is 1230 g/mol. The second-order valence-corrected chi connectivity index (χ2v) is 18.8. The van der Waals surface area contributed by atoms with Crippen LogP contribution in [-0.4, -0.2) is 218 Å². The molecule has 0 aliphatic carbocycles. The van der Waals surface area contributed by atoms with Crippen molar-refractivity contribution in [3.63, 3.8) is 0 Å². The van der Waals surface area contributed by atoms with Crippen LogP contribution in [0, 0.1) is 0 Å². The molecule has 0 aliphatic heterocycles. The Morgan fingerprint density at radius 3 is 0.744 bits per heavy atom. The molecule has 26 heteroatoms. The van der Waals surface area contributed by atoms with Gasteiger partial charge in [-0.25, -0.2) is 4.79 Å². The number of rotatable bonds is 30. The third kappa shape index (κ3) is 250. The molecule has 0 fully saturated rings. The van der Waals surface area contributed by atoms with Gasteiger partial charge in [-0.2, -0.15) is 23.5 Å². The van der Waals surface area contributed by atoms with Gasteiger partial charge in [0, 0.05) is 127 Å². The smallest absolute Gasteiger partial charge is 0.332 e. The topological polar surface area (TPSA) is 283 Å². The molecule has 0 atom stereocenters. The van der Waals surface area contributed by atoms with Crippen LogP contribution in [-0.2, 0) is 109 Å². The fraction of sp³-hybridized carbons (Fsp3) is 0.859. The van der Waals surface area contributed by atoms with Crippen molar-refractivity contribution in [2.45, 2.75) is 204 Å². The van der Waals surface area contributed by atoms with Crippen LogP contribution in [0.5, 0.6) is 0 Å². The third-order valence-corrected chi connectivity index (χ3v) is 9.64. The Bertz CT molecular complexity index is 1210. The van der Waals surface area contributed by atoms with Gasteiger partial charge in [-0.3, -0.25) is 33.6 Å². The normalized spacial score (nSPS) is 8.33. The maximum absolute atomic E-state index is 10.3. The van der Waals surface area contributed by atoms with Crippen LogP contribution in [0.2, 0.25) is 0 Å². The lowest BCUT2D eigenvalue weighted by atomic mass is 10.3. The van der Waals surface area contributed by atoms with Crippen LogP contribution in [0.15, 0.2) is 0 Å². The molecule has 0 aromatic carbocycles. The van der Waals surface area contributed by atoms with Crippen LogP contribution < -0.4 is 0 Å². The first kappa shape index (κ1) is 124. The minimum atomic E-state index is -0.310. The molecule has 0 aromatic heterocycles. The van der Waals surface area contributed by atoms with E-state index in [2.05, 4.69) is 86.1 Å². The molecule has 0 aliphatic rings. The highest BCUT2D eigenvalue weighted by atomic mass is 32.2. The summed E-state index contributed by atoms with van der Waals surface area (Å²) in [7, 11) is 10.8. The standard InChI is InChI=1S/2C5H10O3.3C5H10O2.C5H10O.C4H10O2.2C4H8O2.C4H10OS.C4H10O.C4H8O.C4H10S.C3H8O.C3H8S/c1-3-8-5(6)4-7-2;1-3-5(6)8-4-7-2;1-3-5(6)4-7-2;2*1-3-5(6)7-4-2;1-3-5(6)4-2;1-3-6-4-5-2;1-3-4(5)6-2;1-3-6-4(2)5;1-3-6-4-5-2;1-3-5-4-2;1-3-4(2)5;1-3-5-4-2;2*1-3-4-2/h2*3-4H2,1-2H3;3*3-4H2,1-2H3;2*3-4H2,1-2H3;2*3H2,1-2H3;3-4H2,1-2H3;3-4H2,1-2H3;3H2,1-2H3;3-4H2,1-2H3;2*3H2,1-2H3. The summed E-state index contributed by atoms with van der Waals surface area (Å²) < 4.78 is 63.7. The Labute approximate surface area is 563 Å². The van der Waals surface area contributed by atoms with E-state index in [1.807, 2.05) is 78.9 Å². The first-order valence-corrected chi connectivity index (χ1v) is 34.5. The zero-order chi connectivity index (χ0) is 73.9. The Morgan fingerprint density at radius 1 is 0.300 bits per heavy atom. The molecule has 0 unspecified atom stereocenters. The van der Waals surface area contributed by atoms with Gasteiger partial charge in [0.15, 0.2) is 12.6 Å². The molecule has 0 N–H and O–H groups in total. The predicted molar refractivity (Wildman–Crippen MR) is 375 cm³/mol. The van der Waals surface area contributed by atoms with Gasteiger partial charge in [0.25, 0.3) is 0 Å². The predicted octanol–water partition coefficient (Wildman–Crippen LogP) is 13.6. The number of carbonyl (C=O) groups excluding carboxylic acids is 9. The highest BCUT2D eigenvalue weighted by molar-refractivity contribution is 7.99. The van der Waals surface area contributed by atoms with E-state index in [0.717, 1.165) is 38.1 Å². The molecule has 0 saturated carbocycles. The minimum absolute atomic E-state index is 0.0494. The van der Waals surface area contributed by atoms with E-state index in [-0.39, 0.29) is 67.4 Å². The highest BCUT2D eigenvalue weighted by Gasteiger charge is 1.97. The van der Waals surface area contributed by atoms with Crippen molar-refractivity contribution < 1.29 is 109 Å². The maximum atomic E-state index is 10.3. The van der Waals surface area contributed by atoms with Crippen molar-refractivity contribution in [3.05, 3.63) is 0 Å². The molecule has 23 nitrogen and oxygen atoms in total. The molecule has 0 amide bonds. The molecule has 0 rings (SSSR count). The lowest BCUT2D eigenvalue weighted by Gasteiger charge is -1.97. The van der Waals surface area contributed by atoms with E-state index in [9.17, 15) is 43.2 Å². The van der Waals surface area contributed by atoms with E-state index in [0.29, 0.717) is 90.4 Å². The lowest BCUT2D eigenvalue weighted by molar-refractivity contribution is -0.153. The van der Waals surface area contributed by atoms with Crippen molar-refractivity contribution >= 4 is 88.5 Å². The Kier molecular flexibility index (Phi) is 196. The van der Waals surface area contributed by atoms with E-state index < -0.39 is 0 Å². The molecule has 0 spiro atoms. The van der Waals surface area contributed by atoms with Gasteiger partial charge in [-0.05, 0) is 91.6 Å². The molecule has 0 radical (unpaired) electrons. The molecule has 0 aromatic rings. The minimum Gasteiger partial charge on any atom is -0.469 e. The average Bonchev–Trinajstić information content (AvgIpc) is 3.55. The van der Waals surface area contributed by atoms with E-state index >= 15 is 0 Å². The first-order valence-electron chi connectivity index (χ1n) is 30.8. The van der Waals surface area contributed by atoms with Crippen LogP contribution in [0.3, 0.4) is 0 Å². The van der Waals surface area contributed by atoms with Gasteiger partial charge >= 0.3 is 35.8 Å². The van der Waals surface area contributed by atoms with Gasteiger partial charge in [-0.15, -0.1) is 11.8 Å². The average molecular weight is 1370 g/mol.